The number of hydrogen-bond donors (Lipinski definition) is 1. The average Bonchev–Trinajstić information content (AvgIpc) is 2.64. The predicted molar refractivity (Wildman–Crippen MR) is 91.4 cm³/mol. The molecule has 1 atom stereocenters. The van der Waals surface area contributed by atoms with Crippen molar-refractivity contribution in [1.29, 1.82) is 0 Å². The van der Waals surface area contributed by atoms with E-state index in [1.807, 2.05) is 30.3 Å². The number of nitrogens with zero attached hydrogens (tertiary/aromatic N) is 1. The van der Waals surface area contributed by atoms with Crippen molar-refractivity contribution in [3.8, 4) is 0 Å². The van der Waals surface area contributed by atoms with E-state index in [1.165, 1.54) is 12.1 Å². The molecule has 0 aliphatic carbocycles. The minimum absolute atomic E-state index is 0.111. The van der Waals surface area contributed by atoms with Crippen LogP contribution in [-0.4, -0.2) is 29.0 Å². The van der Waals surface area contributed by atoms with Crippen LogP contribution in [0.2, 0.25) is 5.02 Å². The SMILES string of the molecule is O=C(c1cccc(F)c1Cl)N1CCC(C(O)c2ccccc2)CC1. The summed E-state index contributed by atoms with van der Waals surface area (Å²) in [4.78, 5) is 14.2. The van der Waals surface area contributed by atoms with Crippen molar-refractivity contribution in [2.75, 3.05) is 13.1 Å². The number of carbonyl (C=O) groups excluding carboxylic acids is 1. The second kappa shape index (κ2) is 7.32. The first-order chi connectivity index (χ1) is 11.6. The Hall–Kier alpha value is -1.91. The van der Waals surface area contributed by atoms with E-state index in [4.69, 9.17) is 11.6 Å². The van der Waals surface area contributed by atoms with Crippen molar-refractivity contribution in [2.45, 2.75) is 18.9 Å². The van der Waals surface area contributed by atoms with Gasteiger partial charge in [-0.1, -0.05) is 48.0 Å². The van der Waals surface area contributed by atoms with Gasteiger partial charge in [0, 0.05) is 13.1 Å². The van der Waals surface area contributed by atoms with Crippen LogP contribution in [0.15, 0.2) is 48.5 Å². The summed E-state index contributed by atoms with van der Waals surface area (Å²) in [5.74, 6) is -0.733. The van der Waals surface area contributed by atoms with Crippen LogP contribution in [0.5, 0.6) is 0 Å². The Bertz CT molecular complexity index is 715. The Morgan fingerprint density at radius 1 is 1.12 bits per heavy atom. The molecule has 2 aromatic carbocycles. The highest BCUT2D eigenvalue weighted by molar-refractivity contribution is 6.34. The number of piperidine rings is 1. The minimum Gasteiger partial charge on any atom is -0.388 e. The third-order valence-electron chi connectivity index (χ3n) is 4.60. The van der Waals surface area contributed by atoms with E-state index in [2.05, 4.69) is 0 Å². The first kappa shape index (κ1) is 16.9. The summed E-state index contributed by atoms with van der Waals surface area (Å²) in [7, 11) is 0. The molecule has 0 aromatic heterocycles. The molecule has 0 radical (unpaired) electrons. The van der Waals surface area contributed by atoms with Crippen LogP contribution < -0.4 is 0 Å². The van der Waals surface area contributed by atoms with E-state index in [9.17, 15) is 14.3 Å². The average molecular weight is 348 g/mol. The van der Waals surface area contributed by atoms with E-state index >= 15 is 0 Å². The summed E-state index contributed by atoms with van der Waals surface area (Å²) in [5.41, 5.74) is 1.09. The number of halogens is 2. The Morgan fingerprint density at radius 2 is 1.79 bits per heavy atom. The van der Waals surface area contributed by atoms with Crippen molar-refractivity contribution < 1.29 is 14.3 Å². The lowest BCUT2D eigenvalue weighted by Gasteiger charge is -2.34. The molecule has 0 bridgehead atoms. The maximum Gasteiger partial charge on any atom is 0.255 e. The fraction of sp³-hybridized carbons (Fsp3) is 0.316. The Kier molecular flexibility index (Phi) is 5.17. The number of amides is 1. The van der Waals surface area contributed by atoms with Gasteiger partial charge in [0.25, 0.3) is 5.91 Å². The lowest BCUT2D eigenvalue weighted by Crippen LogP contribution is -2.40. The molecule has 2 aromatic rings. The highest BCUT2D eigenvalue weighted by atomic mass is 35.5. The van der Waals surface area contributed by atoms with Crippen molar-refractivity contribution in [1.82, 2.24) is 4.90 Å². The summed E-state index contributed by atoms with van der Waals surface area (Å²) < 4.78 is 13.5. The maximum atomic E-state index is 13.5. The third-order valence-corrected chi connectivity index (χ3v) is 4.98. The van der Waals surface area contributed by atoms with E-state index in [-0.39, 0.29) is 22.4 Å². The van der Waals surface area contributed by atoms with E-state index < -0.39 is 11.9 Å². The molecule has 1 amide bonds. The Morgan fingerprint density at radius 3 is 2.46 bits per heavy atom. The molecule has 0 saturated carbocycles. The van der Waals surface area contributed by atoms with Gasteiger partial charge in [0.2, 0.25) is 0 Å². The lowest BCUT2D eigenvalue weighted by molar-refractivity contribution is 0.0462. The molecule has 1 fully saturated rings. The normalized spacial score (nSPS) is 16.9. The van der Waals surface area contributed by atoms with Gasteiger partial charge in [-0.15, -0.1) is 0 Å². The van der Waals surface area contributed by atoms with Gasteiger partial charge in [0.15, 0.2) is 0 Å². The zero-order valence-corrected chi connectivity index (χ0v) is 13.9. The van der Waals surface area contributed by atoms with Crippen molar-refractivity contribution >= 4 is 17.5 Å². The molecule has 24 heavy (non-hydrogen) atoms. The molecule has 1 unspecified atom stereocenters. The molecule has 1 heterocycles. The van der Waals surface area contributed by atoms with Crippen LogP contribution in [0.25, 0.3) is 0 Å². The smallest absolute Gasteiger partial charge is 0.255 e. The minimum atomic E-state index is -0.586. The van der Waals surface area contributed by atoms with E-state index in [1.54, 1.807) is 11.0 Å². The quantitative estimate of drug-likeness (QED) is 0.909. The second-order valence-electron chi connectivity index (χ2n) is 6.09. The topological polar surface area (TPSA) is 40.5 Å². The van der Waals surface area contributed by atoms with Crippen molar-refractivity contribution in [3.63, 3.8) is 0 Å². The second-order valence-corrected chi connectivity index (χ2v) is 6.46. The molecule has 1 saturated heterocycles. The summed E-state index contributed by atoms with van der Waals surface area (Å²) in [5, 5.41) is 10.4. The molecule has 1 aliphatic heterocycles. The van der Waals surface area contributed by atoms with Gasteiger partial charge in [-0.3, -0.25) is 4.79 Å². The predicted octanol–water partition coefficient (Wildman–Crippen LogP) is 4.06. The van der Waals surface area contributed by atoms with Crippen molar-refractivity contribution in [2.24, 2.45) is 5.92 Å². The van der Waals surface area contributed by atoms with Crippen LogP contribution in [0, 0.1) is 11.7 Å². The third kappa shape index (κ3) is 3.45. The standard InChI is InChI=1S/C19H19ClFNO2/c20-17-15(7-4-8-16(17)21)19(24)22-11-9-14(10-12-22)18(23)13-5-2-1-3-6-13/h1-8,14,18,23H,9-12H2. The van der Waals surface area contributed by atoms with Crippen molar-refractivity contribution in [3.05, 3.63) is 70.5 Å². The highest BCUT2D eigenvalue weighted by Gasteiger charge is 2.29. The van der Waals surface area contributed by atoms with Crippen LogP contribution in [0.1, 0.15) is 34.9 Å². The fourth-order valence-electron chi connectivity index (χ4n) is 3.18. The first-order valence-electron chi connectivity index (χ1n) is 8.04. The largest absolute Gasteiger partial charge is 0.388 e. The Labute approximate surface area is 145 Å². The van der Waals surface area contributed by atoms with Gasteiger partial charge in [-0.25, -0.2) is 4.39 Å². The number of benzene rings is 2. The molecule has 0 spiro atoms. The number of aliphatic hydroxyl groups is 1. The molecule has 3 rings (SSSR count). The molecular weight excluding hydrogens is 329 g/mol. The maximum absolute atomic E-state index is 13.5. The van der Waals surface area contributed by atoms with Crippen LogP contribution in [-0.2, 0) is 0 Å². The number of aliphatic hydroxyl groups excluding tert-OH is 1. The van der Waals surface area contributed by atoms with Gasteiger partial charge in [0.1, 0.15) is 5.82 Å². The number of likely N-dealkylation sites (tertiary alicyclic amines) is 1. The monoisotopic (exact) mass is 347 g/mol. The molecule has 3 nitrogen and oxygen atoms in total. The first-order valence-corrected chi connectivity index (χ1v) is 8.42. The molecular formula is C19H19ClFNO2. The summed E-state index contributed by atoms with van der Waals surface area (Å²) >= 11 is 5.90. The number of rotatable bonds is 3. The van der Waals surface area contributed by atoms with Gasteiger partial charge < -0.3 is 10.0 Å². The van der Waals surface area contributed by atoms with Gasteiger partial charge >= 0.3 is 0 Å². The van der Waals surface area contributed by atoms with Crippen LogP contribution >= 0.6 is 11.6 Å². The Balaban J connectivity index is 1.65. The van der Waals surface area contributed by atoms with Gasteiger partial charge in [0.05, 0.1) is 16.7 Å². The van der Waals surface area contributed by atoms with Gasteiger partial charge in [-0.2, -0.15) is 0 Å². The van der Waals surface area contributed by atoms with Crippen LogP contribution in [0.3, 0.4) is 0 Å². The zero-order valence-electron chi connectivity index (χ0n) is 13.2. The molecule has 5 heteroatoms. The molecule has 126 valence electrons. The van der Waals surface area contributed by atoms with E-state index in [0.29, 0.717) is 25.9 Å². The summed E-state index contributed by atoms with van der Waals surface area (Å²) in [6, 6.07) is 13.8. The summed E-state index contributed by atoms with van der Waals surface area (Å²) in [6.07, 6.45) is 0.880. The summed E-state index contributed by atoms with van der Waals surface area (Å²) in [6.45, 7) is 1.06. The molecule has 1 aliphatic rings. The number of carbonyl (C=O) groups is 1. The molecule has 1 N–H and O–H groups in total. The highest BCUT2D eigenvalue weighted by Crippen LogP contribution is 2.31. The van der Waals surface area contributed by atoms with Gasteiger partial charge in [-0.05, 0) is 36.5 Å². The fourth-order valence-corrected chi connectivity index (χ4v) is 3.39. The van der Waals surface area contributed by atoms with E-state index in [0.717, 1.165) is 5.56 Å². The zero-order chi connectivity index (χ0) is 17.1. The van der Waals surface area contributed by atoms with Crippen LogP contribution in [0.4, 0.5) is 4.39 Å². The lowest BCUT2D eigenvalue weighted by atomic mass is 9.87. The number of hydrogen-bond acceptors (Lipinski definition) is 2.